The Morgan fingerprint density at radius 3 is 2.25 bits per heavy atom. The molecule has 0 aromatic rings. The van der Waals surface area contributed by atoms with E-state index in [0.29, 0.717) is 25.9 Å². The van der Waals surface area contributed by atoms with Crippen LogP contribution >= 0.6 is 0 Å². The highest BCUT2D eigenvalue weighted by atomic mass is 16.6. The van der Waals surface area contributed by atoms with Gasteiger partial charge in [0.2, 0.25) is 0 Å². The number of aliphatic hydroxyl groups excluding tert-OH is 3. The van der Waals surface area contributed by atoms with E-state index in [1.54, 1.807) is 0 Å². The second-order valence-corrected chi connectivity index (χ2v) is 2.62. The van der Waals surface area contributed by atoms with E-state index in [9.17, 15) is 0 Å². The number of hydrogen-bond donors (Lipinski definition) is 3. The summed E-state index contributed by atoms with van der Waals surface area (Å²) < 4.78 is 4.98. The number of unbranched alkanes of at least 4 members (excludes halogenated alkanes) is 1. The van der Waals surface area contributed by atoms with E-state index in [0.717, 1.165) is 6.42 Å². The Morgan fingerprint density at radius 1 is 1.00 bits per heavy atom. The van der Waals surface area contributed by atoms with Crippen LogP contribution in [0.4, 0.5) is 0 Å². The topological polar surface area (TPSA) is 69.9 Å². The molecule has 74 valence electrons. The highest BCUT2D eigenvalue weighted by Crippen LogP contribution is 1.99. The van der Waals surface area contributed by atoms with Crippen LogP contribution in [0.3, 0.4) is 0 Å². The standard InChI is InChI=1S/C8H18O4/c9-5-1-2-7-12-8(11)4-3-6-10/h8-11H,1-7H2. The summed E-state index contributed by atoms with van der Waals surface area (Å²) in [4.78, 5) is 0. The summed E-state index contributed by atoms with van der Waals surface area (Å²) in [7, 11) is 0. The van der Waals surface area contributed by atoms with E-state index in [4.69, 9.17) is 20.1 Å². The molecule has 3 N–H and O–H groups in total. The van der Waals surface area contributed by atoms with E-state index in [1.165, 1.54) is 0 Å². The molecule has 0 rings (SSSR count). The zero-order chi connectivity index (χ0) is 9.23. The summed E-state index contributed by atoms with van der Waals surface area (Å²) in [5, 5.41) is 25.9. The fraction of sp³-hybridized carbons (Fsp3) is 1.00. The molecule has 0 amide bonds. The normalized spacial score (nSPS) is 13.2. The molecular formula is C8H18O4. The molecule has 12 heavy (non-hydrogen) atoms. The molecule has 0 aliphatic rings. The van der Waals surface area contributed by atoms with Gasteiger partial charge in [-0.05, 0) is 19.3 Å². The van der Waals surface area contributed by atoms with Gasteiger partial charge in [0.1, 0.15) is 0 Å². The van der Waals surface area contributed by atoms with Gasteiger partial charge in [0.05, 0.1) is 0 Å². The summed E-state index contributed by atoms with van der Waals surface area (Å²) in [6.07, 6.45) is 1.71. The number of aliphatic hydroxyl groups is 3. The van der Waals surface area contributed by atoms with Gasteiger partial charge >= 0.3 is 0 Å². The van der Waals surface area contributed by atoms with Crippen LogP contribution < -0.4 is 0 Å². The summed E-state index contributed by atoms with van der Waals surface area (Å²) >= 11 is 0. The lowest BCUT2D eigenvalue weighted by atomic mass is 10.3. The zero-order valence-electron chi connectivity index (χ0n) is 7.28. The van der Waals surface area contributed by atoms with Crippen LogP contribution in [-0.2, 0) is 4.74 Å². The Bertz CT molecular complexity index is 87.1. The SMILES string of the molecule is OCCCCOC(O)CCCO. The summed E-state index contributed by atoms with van der Waals surface area (Å²) in [5.74, 6) is 0. The van der Waals surface area contributed by atoms with Crippen LogP contribution in [0.25, 0.3) is 0 Å². The van der Waals surface area contributed by atoms with Crippen molar-refractivity contribution in [3.63, 3.8) is 0 Å². The Labute approximate surface area is 72.8 Å². The lowest BCUT2D eigenvalue weighted by Gasteiger charge is -2.10. The molecule has 0 fully saturated rings. The molecule has 4 nitrogen and oxygen atoms in total. The van der Waals surface area contributed by atoms with E-state index in [2.05, 4.69) is 0 Å². The molecule has 1 atom stereocenters. The van der Waals surface area contributed by atoms with Gasteiger partial charge in [0, 0.05) is 26.2 Å². The average Bonchev–Trinajstić information content (AvgIpc) is 2.09. The van der Waals surface area contributed by atoms with Gasteiger partial charge in [-0.2, -0.15) is 0 Å². The van der Waals surface area contributed by atoms with Gasteiger partial charge in [0.25, 0.3) is 0 Å². The minimum absolute atomic E-state index is 0.0804. The highest BCUT2D eigenvalue weighted by molar-refractivity contribution is 4.43. The first kappa shape index (κ1) is 11.8. The highest BCUT2D eigenvalue weighted by Gasteiger charge is 2.01. The van der Waals surface area contributed by atoms with Gasteiger partial charge < -0.3 is 20.1 Å². The van der Waals surface area contributed by atoms with Crippen LogP contribution in [0, 0.1) is 0 Å². The van der Waals surface area contributed by atoms with Crippen molar-refractivity contribution in [2.24, 2.45) is 0 Å². The third-order valence-electron chi connectivity index (χ3n) is 1.47. The molecule has 0 aromatic heterocycles. The molecule has 4 heteroatoms. The Kier molecular flexibility index (Phi) is 8.81. The minimum Gasteiger partial charge on any atom is -0.396 e. The molecule has 0 bridgehead atoms. The van der Waals surface area contributed by atoms with E-state index >= 15 is 0 Å². The molecule has 0 aliphatic heterocycles. The smallest absolute Gasteiger partial charge is 0.154 e. The maximum Gasteiger partial charge on any atom is 0.154 e. The molecule has 0 saturated carbocycles. The maximum absolute atomic E-state index is 9.08. The van der Waals surface area contributed by atoms with Crippen LogP contribution in [0.5, 0.6) is 0 Å². The molecule has 0 aliphatic carbocycles. The van der Waals surface area contributed by atoms with Crippen molar-refractivity contribution in [2.75, 3.05) is 19.8 Å². The number of rotatable bonds is 8. The zero-order valence-corrected chi connectivity index (χ0v) is 7.28. The summed E-state index contributed by atoms with van der Waals surface area (Å²) in [6.45, 7) is 0.709. The largest absolute Gasteiger partial charge is 0.396 e. The third kappa shape index (κ3) is 7.94. The first-order valence-corrected chi connectivity index (χ1v) is 4.32. The maximum atomic E-state index is 9.08. The van der Waals surface area contributed by atoms with Crippen molar-refractivity contribution in [1.82, 2.24) is 0 Å². The van der Waals surface area contributed by atoms with Gasteiger partial charge in [-0.3, -0.25) is 0 Å². The van der Waals surface area contributed by atoms with E-state index in [1.807, 2.05) is 0 Å². The first-order chi connectivity index (χ1) is 5.81. The monoisotopic (exact) mass is 178 g/mol. The van der Waals surface area contributed by atoms with Gasteiger partial charge in [-0.15, -0.1) is 0 Å². The summed E-state index contributed by atoms with van der Waals surface area (Å²) in [5.41, 5.74) is 0. The Balaban J connectivity index is 3.02. The summed E-state index contributed by atoms with van der Waals surface area (Å²) in [6, 6.07) is 0. The van der Waals surface area contributed by atoms with E-state index < -0.39 is 6.29 Å². The lowest BCUT2D eigenvalue weighted by molar-refractivity contribution is -0.106. The Hall–Kier alpha value is -0.160. The quantitative estimate of drug-likeness (QED) is 0.357. The predicted octanol–water partition coefficient (Wildman–Crippen LogP) is -0.134. The molecular weight excluding hydrogens is 160 g/mol. The van der Waals surface area contributed by atoms with Crippen molar-refractivity contribution in [1.29, 1.82) is 0 Å². The fourth-order valence-corrected chi connectivity index (χ4v) is 0.782. The second kappa shape index (κ2) is 8.93. The first-order valence-electron chi connectivity index (χ1n) is 4.32. The lowest BCUT2D eigenvalue weighted by Crippen LogP contribution is -2.13. The number of hydrogen-bond acceptors (Lipinski definition) is 4. The van der Waals surface area contributed by atoms with Crippen LogP contribution in [-0.4, -0.2) is 41.4 Å². The van der Waals surface area contributed by atoms with Crippen molar-refractivity contribution in [2.45, 2.75) is 32.0 Å². The molecule has 0 radical (unpaired) electrons. The predicted molar refractivity (Wildman–Crippen MR) is 44.6 cm³/mol. The van der Waals surface area contributed by atoms with Gasteiger partial charge in [-0.1, -0.05) is 0 Å². The molecule has 1 unspecified atom stereocenters. The fourth-order valence-electron chi connectivity index (χ4n) is 0.782. The van der Waals surface area contributed by atoms with Crippen molar-refractivity contribution >= 4 is 0 Å². The van der Waals surface area contributed by atoms with Gasteiger partial charge in [-0.25, -0.2) is 0 Å². The van der Waals surface area contributed by atoms with Crippen LogP contribution in [0.1, 0.15) is 25.7 Å². The third-order valence-corrected chi connectivity index (χ3v) is 1.47. The average molecular weight is 178 g/mol. The van der Waals surface area contributed by atoms with Crippen molar-refractivity contribution < 1.29 is 20.1 Å². The van der Waals surface area contributed by atoms with Crippen molar-refractivity contribution in [3.8, 4) is 0 Å². The second-order valence-electron chi connectivity index (χ2n) is 2.62. The molecule has 0 aromatic carbocycles. The molecule has 0 saturated heterocycles. The number of ether oxygens (including phenoxy) is 1. The van der Waals surface area contributed by atoms with Crippen molar-refractivity contribution in [3.05, 3.63) is 0 Å². The molecule has 0 spiro atoms. The van der Waals surface area contributed by atoms with Crippen LogP contribution in [0.2, 0.25) is 0 Å². The molecule has 0 heterocycles. The van der Waals surface area contributed by atoms with Crippen LogP contribution in [0.15, 0.2) is 0 Å². The van der Waals surface area contributed by atoms with E-state index in [-0.39, 0.29) is 13.2 Å². The van der Waals surface area contributed by atoms with Gasteiger partial charge in [0.15, 0.2) is 6.29 Å². The Morgan fingerprint density at radius 2 is 1.67 bits per heavy atom. The minimum atomic E-state index is -0.768.